The van der Waals surface area contributed by atoms with Gasteiger partial charge in [-0.1, -0.05) is 0 Å². The van der Waals surface area contributed by atoms with Crippen LogP contribution >= 0.6 is 15.9 Å². The molecule has 0 unspecified atom stereocenters. The van der Waals surface area contributed by atoms with Gasteiger partial charge in [-0.2, -0.15) is 0 Å². The third-order valence-electron chi connectivity index (χ3n) is 2.06. The standard InChI is InChI=1S/C9H10BrFN2/c10-7-3-8(11)9(13-5-7)12-4-6-1-2-6/h3,5-6H,1-2,4H2,(H,12,13). The lowest BCUT2D eigenvalue weighted by atomic mass is 10.4. The normalized spacial score (nSPS) is 15.8. The minimum atomic E-state index is -0.296. The average Bonchev–Trinajstić information content (AvgIpc) is 2.86. The second kappa shape index (κ2) is 3.62. The van der Waals surface area contributed by atoms with Crippen LogP contribution in [0.3, 0.4) is 0 Å². The number of nitrogens with one attached hydrogen (secondary N) is 1. The SMILES string of the molecule is Fc1cc(Br)cnc1NCC1CC1. The summed E-state index contributed by atoms with van der Waals surface area (Å²) in [4.78, 5) is 3.94. The predicted octanol–water partition coefficient (Wildman–Crippen LogP) is 2.81. The van der Waals surface area contributed by atoms with Gasteiger partial charge in [-0.25, -0.2) is 9.37 Å². The maximum Gasteiger partial charge on any atom is 0.166 e. The molecule has 13 heavy (non-hydrogen) atoms. The van der Waals surface area contributed by atoms with Crippen LogP contribution < -0.4 is 5.32 Å². The molecule has 0 amide bonds. The minimum Gasteiger partial charge on any atom is -0.367 e. The van der Waals surface area contributed by atoms with Crippen molar-refractivity contribution >= 4 is 21.7 Å². The summed E-state index contributed by atoms with van der Waals surface area (Å²) in [6.07, 6.45) is 4.11. The first-order chi connectivity index (χ1) is 6.25. The Balaban J connectivity index is 2.01. The summed E-state index contributed by atoms with van der Waals surface area (Å²) in [5.41, 5.74) is 0. The average molecular weight is 245 g/mol. The fourth-order valence-corrected chi connectivity index (χ4v) is 1.41. The molecule has 4 heteroatoms. The van der Waals surface area contributed by atoms with E-state index in [9.17, 15) is 4.39 Å². The highest BCUT2D eigenvalue weighted by molar-refractivity contribution is 9.10. The summed E-state index contributed by atoms with van der Waals surface area (Å²) in [5.74, 6) is 0.787. The molecule has 1 heterocycles. The van der Waals surface area contributed by atoms with Crippen LogP contribution in [0.1, 0.15) is 12.8 Å². The van der Waals surface area contributed by atoms with Crippen molar-refractivity contribution in [2.24, 2.45) is 5.92 Å². The van der Waals surface area contributed by atoms with Crippen LogP contribution in [0.5, 0.6) is 0 Å². The molecule has 0 radical (unpaired) electrons. The van der Waals surface area contributed by atoms with Crippen molar-refractivity contribution in [3.8, 4) is 0 Å². The van der Waals surface area contributed by atoms with Gasteiger partial charge in [-0.15, -0.1) is 0 Å². The number of rotatable bonds is 3. The van der Waals surface area contributed by atoms with E-state index in [1.807, 2.05) is 0 Å². The second-order valence-corrected chi connectivity index (χ2v) is 4.22. The van der Waals surface area contributed by atoms with Crippen molar-refractivity contribution < 1.29 is 4.39 Å². The number of pyridine rings is 1. The van der Waals surface area contributed by atoms with Gasteiger partial charge >= 0.3 is 0 Å². The summed E-state index contributed by atoms with van der Waals surface area (Å²) >= 11 is 3.16. The number of hydrogen-bond donors (Lipinski definition) is 1. The molecule has 1 aromatic heterocycles. The van der Waals surface area contributed by atoms with Crippen LogP contribution in [0.15, 0.2) is 16.7 Å². The Labute approximate surface area is 84.7 Å². The number of nitrogens with zero attached hydrogens (tertiary/aromatic N) is 1. The van der Waals surface area contributed by atoms with Gasteiger partial charge in [-0.3, -0.25) is 0 Å². The lowest BCUT2D eigenvalue weighted by Crippen LogP contribution is -2.06. The van der Waals surface area contributed by atoms with Gasteiger partial charge in [-0.05, 0) is 40.8 Å². The van der Waals surface area contributed by atoms with Crippen LogP contribution in [0.2, 0.25) is 0 Å². The first-order valence-electron chi connectivity index (χ1n) is 4.30. The number of aromatic nitrogens is 1. The van der Waals surface area contributed by atoms with E-state index >= 15 is 0 Å². The molecule has 1 aromatic rings. The maximum absolute atomic E-state index is 13.2. The topological polar surface area (TPSA) is 24.9 Å². The van der Waals surface area contributed by atoms with Crippen molar-refractivity contribution in [1.82, 2.24) is 4.98 Å². The van der Waals surface area contributed by atoms with Gasteiger partial charge in [0.15, 0.2) is 11.6 Å². The van der Waals surface area contributed by atoms with E-state index in [-0.39, 0.29) is 5.82 Å². The monoisotopic (exact) mass is 244 g/mol. The summed E-state index contributed by atoms with van der Waals surface area (Å²) < 4.78 is 13.8. The molecule has 1 saturated carbocycles. The van der Waals surface area contributed by atoms with Crippen molar-refractivity contribution in [2.75, 3.05) is 11.9 Å². The van der Waals surface area contributed by atoms with Crippen molar-refractivity contribution in [3.63, 3.8) is 0 Å². The molecule has 70 valence electrons. The second-order valence-electron chi connectivity index (χ2n) is 3.31. The highest BCUT2D eigenvalue weighted by Crippen LogP contribution is 2.29. The zero-order chi connectivity index (χ0) is 9.26. The van der Waals surface area contributed by atoms with Gasteiger partial charge in [0.2, 0.25) is 0 Å². The highest BCUT2D eigenvalue weighted by atomic mass is 79.9. The number of anilines is 1. The Morgan fingerprint density at radius 2 is 2.38 bits per heavy atom. The molecule has 0 saturated heterocycles. The molecule has 1 fully saturated rings. The van der Waals surface area contributed by atoms with Crippen molar-refractivity contribution in [3.05, 3.63) is 22.6 Å². The van der Waals surface area contributed by atoms with Gasteiger partial charge in [0, 0.05) is 17.2 Å². The lowest BCUT2D eigenvalue weighted by Gasteiger charge is -2.04. The van der Waals surface area contributed by atoms with Crippen LogP contribution in [0.25, 0.3) is 0 Å². The van der Waals surface area contributed by atoms with E-state index in [4.69, 9.17) is 0 Å². The van der Waals surface area contributed by atoms with Crippen LogP contribution in [0, 0.1) is 11.7 Å². The maximum atomic E-state index is 13.2. The minimum absolute atomic E-state index is 0.296. The van der Waals surface area contributed by atoms with E-state index in [2.05, 4.69) is 26.2 Å². The van der Waals surface area contributed by atoms with Crippen LogP contribution in [-0.2, 0) is 0 Å². The fraction of sp³-hybridized carbons (Fsp3) is 0.444. The lowest BCUT2D eigenvalue weighted by molar-refractivity contribution is 0.622. The van der Waals surface area contributed by atoms with E-state index in [0.29, 0.717) is 10.3 Å². The van der Waals surface area contributed by atoms with Crippen molar-refractivity contribution in [2.45, 2.75) is 12.8 Å². The Morgan fingerprint density at radius 3 is 3.00 bits per heavy atom. The summed E-state index contributed by atoms with van der Waals surface area (Å²) in [5, 5.41) is 3.00. The fourth-order valence-electron chi connectivity index (χ4n) is 1.11. The van der Waals surface area contributed by atoms with Gasteiger partial charge in [0.1, 0.15) is 0 Å². The smallest absolute Gasteiger partial charge is 0.166 e. The molecule has 1 aliphatic carbocycles. The Morgan fingerprint density at radius 1 is 1.62 bits per heavy atom. The molecule has 2 nitrogen and oxygen atoms in total. The number of hydrogen-bond acceptors (Lipinski definition) is 2. The van der Waals surface area contributed by atoms with Crippen molar-refractivity contribution in [1.29, 1.82) is 0 Å². The molecule has 1 N–H and O–H groups in total. The predicted molar refractivity (Wildman–Crippen MR) is 53.1 cm³/mol. The molecular formula is C9H10BrFN2. The molecule has 0 bridgehead atoms. The van der Waals surface area contributed by atoms with Crippen LogP contribution in [-0.4, -0.2) is 11.5 Å². The van der Waals surface area contributed by atoms with E-state index in [1.54, 1.807) is 6.20 Å². The molecule has 2 rings (SSSR count). The third-order valence-corrected chi connectivity index (χ3v) is 2.50. The number of halogens is 2. The zero-order valence-electron chi connectivity index (χ0n) is 7.06. The molecule has 0 atom stereocenters. The molecular weight excluding hydrogens is 235 g/mol. The third kappa shape index (κ3) is 2.40. The van der Waals surface area contributed by atoms with Gasteiger partial charge in [0.05, 0.1) is 0 Å². The molecule has 1 aliphatic rings. The molecule has 0 aromatic carbocycles. The first-order valence-corrected chi connectivity index (χ1v) is 5.10. The van der Waals surface area contributed by atoms with E-state index < -0.39 is 0 Å². The largest absolute Gasteiger partial charge is 0.367 e. The summed E-state index contributed by atoms with van der Waals surface area (Å²) in [7, 11) is 0. The zero-order valence-corrected chi connectivity index (χ0v) is 8.64. The highest BCUT2D eigenvalue weighted by Gasteiger charge is 2.21. The summed E-state index contributed by atoms with van der Waals surface area (Å²) in [6.45, 7) is 0.839. The van der Waals surface area contributed by atoms with Gasteiger partial charge < -0.3 is 5.32 Å². The Hall–Kier alpha value is -0.640. The van der Waals surface area contributed by atoms with E-state index in [1.165, 1.54) is 18.9 Å². The summed E-state index contributed by atoms with van der Waals surface area (Å²) in [6, 6.07) is 1.42. The van der Waals surface area contributed by atoms with Crippen LogP contribution in [0.4, 0.5) is 10.2 Å². The molecule has 0 aliphatic heterocycles. The first kappa shape index (κ1) is 8.94. The van der Waals surface area contributed by atoms with Gasteiger partial charge in [0.25, 0.3) is 0 Å². The van der Waals surface area contributed by atoms with E-state index in [0.717, 1.165) is 12.5 Å². The molecule has 0 spiro atoms. The quantitative estimate of drug-likeness (QED) is 0.885. The Bertz CT molecular complexity index is 312. The Kier molecular flexibility index (Phi) is 2.49.